The highest BCUT2D eigenvalue weighted by molar-refractivity contribution is 7.89. The number of aryl methyl sites for hydroxylation is 2. The van der Waals surface area contributed by atoms with Gasteiger partial charge in [0.05, 0.1) is 11.5 Å². The highest BCUT2D eigenvalue weighted by Gasteiger charge is 2.27. The Morgan fingerprint density at radius 2 is 1.90 bits per heavy atom. The van der Waals surface area contributed by atoms with Crippen LogP contribution in [0.15, 0.2) is 17.0 Å². The fourth-order valence-electron chi connectivity index (χ4n) is 2.11. The van der Waals surface area contributed by atoms with E-state index in [0.29, 0.717) is 18.0 Å². The summed E-state index contributed by atoms with van der Waals surface area (Å²) in [6.45, 7) is 6.22. The molecule has 0 amide bonds. The number of hydrogen-bond donors (Lipinski definition) is 1. The van der Waals surface area contributed by atoms with Gasteiger partial charge in [0.25, 0.3) is 0 Å². The Kier molecular flexibility index (Phi) is 5.70. The van der Waals surface area contributed by atoms with Crippen molar-refractivity contribution in [2.45, 2.75) is 38.3 Å². The summed E-state index contributed by atoms with van der Waals surface area (Å²) in [6, 6.07) is 3.31. The van der Waals surface area contributed by atoms with Crippen LogP contribution in [0.1, 0.15) is 23.6 Å². The maximum absolute atomic E-state index is 12.7. The number of methoxy groups -OCH3 is 1. The Bertz CT molecular complexity index is 570. The molecule has 114 valence electrons. The predicted molar refractivity (Wildman–Crippen MR) is 80.1 cm³/mol. The maximum Gasteiger partial charge on any atom is 0.243 e. The number of ether oxygens (including phenoxy) is 1. The van der Waals surface area contributed by atoms with Crippen LogP contribution in [-0.2, 0) is 21.3 Å². The largest absolute Gasteiger partial charge is 0.383 e. The van der Waals surface area contributed by atoms with E-state index in [0.717, 1.165) is 16.7 Å². The average molecular weight is 300 g/mol. The summed E-state index contributed by atoms with van der Waals surface area (Å²) >= 11 is 0. The Morgan fingerprint density at radius 1 is 1.30 bits per heavy atom. The van der Waals surface area contributed by atoms with Crippen molar-refractivity contribution in [2.75, 3.05) is 20.8 Å². The van der Waals surface area contributed by atoms with Crippen molar-refractivity contribution in [1.82, 2.24) is 4.31 Å². The third-order valence-corrected chi connectivity index (χ3v) is 5.65. The summed E-state index contributed by atoms with van der Waals surface area (Å²) in [5.74, 6) is 0. The second-order valence-electron chi connectivity index (χ2n) is 5.07. The average Bonchev–Trinajstić information content (AvgIpc) is 2.37. The zero-order chi connectivity index (χ0) is 15.5. The van der Waals surface area contributed by atoms with Crippen LogP contribution in [0.5, 0.6) is 0 Å². The van der Waals surface area contributed by atoms with Gasteiger partial charge >= 0.3 is 0 Å². The van der Waals surface area contributed by atoms with Crippen LogP contribution in [0, 0.1) is 13.8 Å². The summed E-state index contributed by atoms with van der Waals surface area (Å²) in [5, 5.41) is 0. The third-order valence-electron chi connectivity index (χ3n) is 3.54. The Morgan fingerprint density at radius 3 is 2.40 bits per heavy atom. The Labute approximate surface area is 121 Å². The number of sulfonamides is 1. The van der Waals surface area contributed by atoms with Crippen LogP contribution < -0.4 is 5.73 Å². The van der Waals surface area contributed by atoms with E-state index in [1.54, 1.807) is 27.1 Å². The van der Waals surface area contributed by atoms with Crippen LogP contribution in [-0.4, -0.2) is 39.5 Å². The molecule has 1 aromatic carbocycles. The molecule has 1 unspecified atom stereocenters. The smallest absolute Gasteiger partial charge is 0.243 e. The monoisotopic (exact) mass is 300 g/mol. The lowest BCUT2D eigenvalue weighted by molar-refractivity contribution is 0.149. The molecule has 1 aromatic rings. The number of rotatable bonds is 6. The molecule has 0 saturated carbocycles. The first-order valence-electron chi connectivity index (χ1n) is 6.52. The molecule has 1 atom stereocenters. The van der Waals surface area contributed by atoms with Crippen molar-refractivity contribution >= 4 is 10.0 Å². The fourth-order valence-corrected chi connectivity index (χ4v) is 3.71. The van der Waals surface area contributed by atoms with Gasteiger partial charge in [-0.25, -0.2) is 8.42 Å². The van der Waals surface area contributed by atoms with Crippen LogP contribution in [0.4, 0.5) is 0 Å². The molecule has 0 radical (unpaired) electrons. The van der Waals surface area contributed by atoms with E-state index in [2.05, 4.69) is 0 Å². The highest BCUT2D eigenvalue weighted by atomic mass is 32.2. The molecule has 0 bridgehead atoms. The zero-order valence-corrected chi connectivity index (χ0v) is 13.6. The summed E-state index contributed by atoms with van der Waals surface area (Å²) in [6.07, 6.45) is 0. The number of nitrogens with two attached hydrogens (primary N) is 1. The molecular weight excluding hydrogens is 276 g/mol. The number of likely N-dealkylation sites (N-methyl/N-ethyl adjacent to an activating group) is 1. The quantitative estimate of drug-likeness (QED) is 0.862. The molecule has 20 heavy (non-hydrogen) atoms. The maximum atomic E-state index is 12.7. The molecule has 0 aliphatic rings. The normalized spacial score (nSPS) is 13.8. The first kappa shape index (κ1) is 17.1. The molecule has 0 saturated heterocycles. The molecule has 0 heterocycles. The first-order valence-corrected chi connectivity index (χ1v) is 7.96. The molecular formula is C14H24N2O3S. The number of hydrogen-bond acceptors (Lipinski definition) is 4. The molecule has 0 spiro atoms. The van der Waals surface area contributed by atoms with Gasteiger partial charge in [0.1, 0.15) is 0 Å². The van der Waals surface area contributed by atoms with E-state index in [1.165, 1.54) is 4.31 Å². The van der Waals surface area contributed by atoms with Gasteiger partial charge in [-0.1, -0.05) is 6.07 Å². The lowest BCUT2D eigenvalue weighted by Gasteiger charge is -2.25. The molecule has 0 aliphatic carbocycles. The van der Waals surface area contributed by atoms with E-state index >= 15 is 0 Å². The minimum absolute atomic E-state index is 0.230. The third kappa shape index (κ3) is 3.38. The lowest BCUT2D eigenvalue weighted by atomic mass is 10.1. The van der Waals surface area contributed by atoms with Crippen LogP contribution in [0.3, 0.4) is 0 Å². The minimum atomic E-state index is -3.54. The first-order chi connectivity index (χ1) is 9.25. The molecule has 0 aromatic heterocycles. The van der Waals surface area contributed by atoms with Crippen molar-refractivity contribution in [3.05, 3.63) is 28.8 Å². The SMILES string of the molecule is COCC(C)N(C)S(=O)(=O)c1cc(CN)c(C)cc1C. The number of nitrogens with zero attached hydrogens (tertiary/aromatic N) is 1. The topological polar surface area (TPSA) is 72.6 Å². The van der Waals surface area contributed by atoms with Crippen LogP contribution in [0.2, 0.25) is 0 Å². The van der Waals surface area contributed by atoms with Crippen molar-refractivity contribution in [3.8, 4) is 0 Å². The molecule has 0 fully saturated rings. The Hall–Kier alpha value is -0.950. The van der Waals surface area contributed by atoms with E-state index in [-0.39, 0.29) is 6.04 Å². The van der Waals surface area contributed by atoms with Gasteiger partial charge in [-0.05, 0) is 43.5 Å². The second kappa shape index (κ2) is 6.67. The van der Waals surface area contributed by atoms with Gasteiger partial charge in [0.2, 0.25) is 10.0 Å². The van der Waals surface area contributed by atoms with Crippen molar-refractivity contribution in [3.63, 3.8) is 0 Å². The van der Waals surface area contributed by atoms with Gasteiger partial charge in [-0.15, -0.1) is 0 Å². The molecule has 2 N–H and O–H groups in total. The fraction of sp³-hybridized carbons (Fsp3) is 0.571. The molecule has 0 aliphatic heterocycles. The van der Waals surface area contributed by atoms with Crippen molar-refractivity contribution in [1.29, 1.82) is 0 Å². The van der Waals surface area contributed by atoms with Crippen LogP contribution >= 0.6 is 0 Å². The van der Waals surface area contributed by atoms with Crippen molar-refractivity contribution in [2.24, 2.45) is 5.73 Å². The second-order valence-corrected chi connectivity index (χ2v) is 7.04. The lowest BCUT2D eigenvalue weighted by Crippen LogP contribution is -2.38. The standard InChI is InChI=1S/C14H24N2O3S/c1-10-6-11(2)14(7-13(10)8-15)20(17,18)16(4)12(3)9-19-5/h6-7,12H,8-9,15H2,1-5H3. The Balaban J connectivity index is 3.28. The molecule has 5 nitrogen and oxygen atoms in total. The highest BCUT2D eigenvalue weighted by Crippen LogP contribution is 2.24. The summed E-state index contributed by atoms with van der Waals surface area (Å²) in [7, 11) is -0.417. The molecule has 1 rings (SSSR count). The van der Waals surface area contributed by atoms with E-state index in [4.69, 9.17) is 10.5 Å². The summed E-state index contributed by atoms with van der Waals surface area (Å²) in [5.41, 5.74) is 8.26. The zero-order valence-electron chi connectivity index (χ0n) is 12.8. The summed E-state index contributed by atoms with van der Waals surface area (Å²) < 4.78 is 31.7. The van der Waals surface area contributed by atoms with E-state index in [9.17, 15) is 8.42 Å². The van der Waals surface area contributed by atoms with E-state index < -0.39 is 10.0 Å². The van der Waals surface area contributed by atoms with E-state index in [1.807, 2.05) is 19.9 Å². The summed E-state index contributed by atoms with van der Waals surface area (Å²) in [4.78, 5) is 0.314. The predicted octanol–water partition coefficient (Wildman–Crippen LogP) is 1.42. The number of benzene rings is 1. The minimum Gasteiger partial charge on any atom is -0.383 e. The van der Waals surface area contributed by atoms with Crippen molar-refractivity contribution < 1.29 is 13.2 Å². The van der Waals surface area contributed by atoms with Gasteiger partial charge in [0.15, 0.2) is 0 Å². The molecule has 6 heteroatoms. The van der Waals surface area contributed by atoms with Gasteiger partial charge in [-0.2, -0.15) is 4.31 Å². The van der Waals surface area contributed by atoms with Gasteiger partial charge in [0, 0.05) is 26.7 Å². The van der Waals surface area contributed by atoms with Gasteiger partial charge < -0.3 is 10.5 Å². The van der Waals surface area contributed by atoms with Gasteiger partial charge in [-0.3, -0.25) is 0 Å². The van der Waals surface area contributed by atoms with Crippen LogP contribution in [0.25, 0.3) is 0 Å².